The second-order valence-corrected chi connectivity index (χ2v) is 8.93. The van der Waals surface area contributed by atoms with Crippen LogP contribution in [-0.4, -0.2) is 13.4 Å². The number of hydrogen-bond donors (Lipinski definition) is 1. The lowest BCUT2D eigenvalue weighted by atomic mass is 10.1. The summed E-state index contributed by atoms with van der Waals surface area (Å²) in [5.41, 5.74) is 2.38. The minimum atomic E-state index is -3.75. The van der Waals surface area contributed by atoms with Gasteiger partial charge >= 0.3 is 0 Å². The van der Waals surface area contributed by atoms with Crippen LogP contribution in [-0.2, 0) is 15.8 Å². The summed E-state index contributed by atoms with van der Waals surface area (Å²) in [6.45, 7) is 0. The molecule has 29 heavy (non-hydrogen) atoms. The van der Waals surface area contributed by atoms with Crippen molar-refractivity contribution in [3.8, 4) is 22.6 Å². The van der Waals surface area contributed by atoms with Gasteiger partial charge in [0.2, 0.25) is 15.9 Å². The van der Waals surface area contributed by atoms with Gasteiger partial charge in [0.15, 0.2) is 5.76 Å². The maximum absolute atomic E-state index is 11.5. The van der Waals surface area contributed by atoms with E-state index in [0.29, 0.717) is 17.4 Å². The largest absolute Gasteiger partial charge is 0.439 e. The molecule has 0 aliphatic rings. The number of hydrogen-bond acceptors (Lipinski definition) is 5. The first kappa shape index (κ1) is 19.4. The maximum atomic E-state index is 11.5. The molecule has 0 atom stereocenters. The molecule has 1 aromatic heterocycles. The van der Waals surface area contributed by atoms with Gasteiger partial charge < -0.3 is 4.42 Å². The van der Waals surface area contributed by atoms with Gasteiger partial charge in [0.05, 0.1) is 10.6 Å². The van der Waals surface area contributed by atoms with Crippen molar-refractivity contribution < 1.29 is 12.8 Å². The van der Waals surface area contributed by atoms with Crippen LogP contribution in [0.25, 0.3) is 22.6 Å². The zero-order valence-corrected chi connectivity index (χ0v) is 17.0. The third-order valence-electron chi connectivity index (χ3n) is 4.27. The molecular weight excluding hydrogens is 404 g/mol. The number of nitrogens with zero attached hydrogens (tertiary/aromatic N) is 1. The Morgan fingerprint density at radius 1 is 0.828 bits per heavy atom. The molecule has 0 saturated heterocycles. The summed E-state index contributed by atoms with van der Waals surface area (Å²) in [7, 11) is -3.75. The lowest BCUT2D eigenvalue weighted by Crippen LogP contribution is -2.11. The molecule has 4 rings (SSSR count). The number of thioether (sulfide) groups is 1. The molecule has 0 radical (unpaired) electrons. The molecule has 0 fully saturated rings. The molecule has 0 spiro atoms. The first-order chi connectivity index (χ1) is 14.0. The fraction of sp³-hybridized carbons (Fsp3) is 0.0455. The van der Waals surface area contributed by atoms with Gasteiger partial charge in [-0.05, 0) is 36.4 Å². The third-order valence-corrected chi connectivity index (χ3v) is 6.20. The van der Waals surface area contributed by atoms with Gasteiger partial charge in [0.25, 0.3) is 0 Å². The second kappa shape index (κ2) is 8.24. The van der Waals surface area contributed by atoms with Crippen molar-refractivity contribution in [2.75, 3.05) is 0 Å². The third kappa shape index (κ3) is 4.59. The van der Waals surface area contributed by atoms with E-state index in [1.54, 1.807) is 23.9 Å². The van der Waals surface area contributed by atoms with Crippen molar-refractivity contribution in [3.63, 3.8) is 0 Å². The van der Waals surface area contributed by atoms with Gasteiger partial charge in [-0.1, -0.05) is 48.5 Å². The maximum Gasteiger partial charge on any atom is 0.238 e. The SMILES string of the molecule is NS(=O)(=O)c1ccc(-c2oc(CSc3ccccc3)nc2-c2ccccc2)cc1. The number of primary sulfonamides is 1. The highest BCUT2D eigenvalue weighted by Crippen LogP contribution is 2.34. The normalized spacial score (nSPS) is 11.5. The van der Waals surface area contributed by atoms with Crippen LogP contribution in [0.2, 0.25) is 0 Å². The van der Waals surface area contributed by atoms with Crippen molar-refractivity contribution in [2.45, 2.75) is 15.5 Å². The molecule has 0 aliphatic carbocycles. The smallest absolute Gasteiger partial charge is 0.238 e. The number of oxazole rings is 1. The standard InChI is InChI=1S/C22H18N2O3S2/c23-29(25,26)19-13-11-17(12-14-19)22-21(16-7-3-1-4-8-16)24-20(27-22)15-28-18-9-5-2-6-10-18/h1-14H,15H2,(H2,23,25,26). The Labute approximate surface area is 173 Å². The first-order valence-electron chi connectivity index (χ1n) is 8.87. The lowest BCUT2D eigenvalue weighted by Gasteiger charge is -2.03. The van der Waals surface area contributed by atoms with Crippen LogP contribution >= 0.6 is 11.8 Å². The first-order valence-corrected chi connectivity index (χ1v) is 11.4. The van der Waals surface area contributed by atoms with Crippen LogP contribution in [0, 0.1) is 0 Å². The number of sulfonamides is 1. The summed E-state index contributed by atoms with van der Waals surface area (Å²) in [6.07, 6.45) is 0. The van der Waals surface area contributed by atoms with E-state index < -0.39 is 10.0 Å². The summed E-state index contributed by atoms with van der Waals surface area (Å²) < 4.78 is 29.2. The molecule has 0 bridgehead atoms. The fourth-order valence-corrected chi connectivity index (χ4v) is 4.15. The molecule has 0 aliphatic heterocycles. The van der Waals surface area contributed by atoms with Crippen molar-refractivity contribution >= 4 is 21.8 Å². The van der Waals surface area contributed by atoms with Crippen molar-refractivity contribution in [2.24, 2.45) is 5.14 Å². The molecule has 0 saturated carbocycles. The minimum Gasteiger partial charge on any atom is -0.439 e. The Balaban J connectivity index is 1.70. The van der Waals surface area contributed by atoms with Crippen LogP contribution < -0.4 is 5.14 Å². The summed E-state index contributed by atoms with van der Waals surface area (Å²) in [4.78, 5) is 5.90. The summed E-state index contributed by atoms with van der Waals surface area (Å²) in [5, 5.41) is 5.20. The second-order valence-electron chi connectivity index (χ2n) is 6.32. The van der Waals surface area contributed by atoms with Crippen LogP contribution in [0.15, 0.2) is 99.1 Å². The van der Waals surface area contributed by atoms with E-state index in [1.165, 1.54) is 12.1 Å². The lowest BCUT2D eigenvalue weighted by molar-refractivity contribution is 0.530. The molecule has 0 amide bonds. The highest BCUT2D eigenvalue weighted by Gasteiger charge is 2.18. The van der Waals surface area contributed by atoms with Crippen molar-refractivity contribution in [3.05, 3.63) is 90.8 Å². The highest BCUT2D eigenvalue weighted by molar-refractivity contribution is 7.98. The average Bonchev–Trinajstić information content (AvgIpc) is 3.17. The van der Waals surface area contributed by atoms with Crippen LogP contribution in [0.4, 0.5) is 0 Å². The molecule has 7 heteroatoms. The Morgan fingerprint density at radius 3 is 2.07 bits per heavy atom. The van der Waals surface area contributed by atoms with E-state index in [9.17, 15) is 8.42 Å². The number of aromatic nitrogens is 1. The zero-order valence-electron chi connectivity index (χ0n) is 15.4. The molecule has 4 aromatic rings. The quantitative estimate of drug-likeness (QED) is 0.444. The van der Waals surface area contributed by atoms with E-state index in [4.69, 9.17) is 14.5 Å². The Bertz CT molecular complexity index is 1200. The fourth-order valence-electron chi connectivity index (χ4n) is 2.87. The van der Waals surface area contributed by atoms with Crippen LogP contribution in [0.3, 0.4) is 0 Å². The van der Waals surface area contributed by atoms with E-state index in [2.05, 4.69) is 0 Å². The van der Waals surface area contributed by atoms with Crippen LogP contribution in [0.1, 0.15) is 5.89 Å². The average molecular weight is 423 g/mol. The molecule has 0 unspecified atom stereocenters. The van der Waals surface area contributed by atoms with Gasteiger partial charge in [0.1, 0.15) is 5.69 Å². The number of nitrogens with two attached hydrogens (primary N) is 1. The van der Waals surface area contributed by atoms with Gasteiger partial charge in [-0.15, -0.1) is 11.8 Å². The van der Waals surface area contributed by atoms with Crippen molar-refractivity contribution in [1.29, 1.82) is 0 Å². The Hall–Kier alpha value is -2.87. The van der Waals surface area contributed by atoms with E-state index in [1.807, 2.05) is 60.7 Å². The van der Waals surface area contributed by atoms with Gasteiger partial charge in [-0.3, -0.25) is 0 Å². The predicted octanol–water partition coefficient (Wildman–Crippen LogP) is 4.95. The molecule has 1 heterocycles. The number of rotatable bonds is 6. The molecule has 3 aromatic carbocycles. The van der Waals surface area contributed by atoms with E-state index in [0.717, 1.165) is 21.7 Å². The summed E-state index contributed by atoms with van der Waals surface area (Å²) in [5.74, 6) is 1.78. The monoisotopic (exact) mass is 422 g/mol. The number of benzene rings is 3. The van der Waals surface area contributed by atoms with E-state index in [-0.39, 0.29) is 4.90 Å². The molecule has 146 valence electrons. The van der Waals surface area contributed by atoms with Crippen LogP contribution in [0.5, 0.6) is 0 Å². The van der Waals surface area contributed by atoms with Gasteiger partial charge in [-0.25, -0.2) is 18.5 Å². The predicted molar refractivity (Wildman–Crippen MR) is 115 cm³/mol. The van der Waals surface area contributed by atoms with Gasteiger partial charge in [0, 0.05) is 16.0 Å². The minimum absolute atomic E-state index is 0.0573. The summed E-state index contributed by atoms with van der Waals surface area (Å²) in [6, 6.07) is 26.1. The highest BCUT2D eigenvalue weighted by atomic mass is 32.2. The Morgan fingerprint density at radius 2 is 1.45 bits per heavy atom. The van der Waals surface area contributed by atoms with E-state index >= 15 is 0 Å². The van der Waals surface area contributed by atoms with Gasteiger partial charge in [-0.2, -0.15) is 0 Å². The topological polar surface area (TPSA) is 86.2 Å². The molecular formula is C22H18N2O3S2. The zero-order chi connectivity index (χ0) is 20.3. The molecule has 2 N–H and O–H groups in total. The van der Waals surface area contributed by atoms with Crippen molar-refractivity contribution in [1.82, 2.24) is 4.98 Å². The molecule has 5 nitrogen and oxygen atoms in total. The summed E-state index contributed by atoms with van der Waals surface area (Å²) >= 11 is 1.64. The Kier molecular flexibility index (Phi) is 5.53.